The monoisotopic (exact) mass is 278 g/mol. The Morgan fingerprint density at radius 1 is 1.45 bits per heavy atom. The number of hydrogen-bond acceptors (Lipinski definition) is 4. The van der Waals surface area contributed by atoms with E-state index in [1.54, 1.807) is 7.11 Å². The predicted octanol–water partition coefficient (Wildman–Crippen LogP) is 1.76. The molecule has 1 heterocycles. The first kappa shape index (κ1) is 14.8. The SMILES string of the molecule is COc1c(C)ccc(NC(=O)C2CCC(CN)O2)c1C. The minimum Gasteiger partial charge on any atom is -0.496 e. The molecule has 1 amide bonds. The number of methoxy groups -OCH3 is 1. The van der Waals surface area contributed by atoms with Gasteiger partial charge in [-0.2, -0.15) is 0 Å². The molecule has 2 atom stereocenters. The van der Waals surface area contributed by atoms with Crippen LogP contribution in [0.5, 0.6) is 5.75 Å². The lowest BCUT2D eigenvalue weighted by molar-refractivity contribution is -0.126. The summed E-state index contributed by atoms with van der Waals surface area (Å²) in [5.74, 6) is 0.685. The van der Waals surface area contributed by atoms with Crippen molar-refractivity contribution in [2.45, 2.75) is 38.9 Å². The van der Waals surface area contributed by atoms with Crippen LogP contribution in [0.3, 0.4) is 0 Å². The molecule has 5 nitrogen and oxygen atoms in total. The van der Waals surface area contributed by atoms with E-state index in [0.29, 0.717) is 6.54 Å². The molecule has 20 heavy (non-hydrogen) atoms. The summed E-state index contributed by atoms with van der Waals surface area (Å²) < 4.78 is 11.0. The largest absolute Gasteiger partial charge is 0.496 e. The molecule has 1 saturated heterocycles. The zero-order valence-corrected chi connectivity index (χ0v) is 12.2. The van der Waals surface area contributed by atoms with Crippen LogP contribution in [0.15, 0.2) is 12.1 Å². The third kappa shape index (κ3) is 2.94. The number of benzene rings is 1. The quantitative estimate of drug-likeness (QED) is 0.880. The number of rotatable bonds is 4. The van der Waals surface area contributed by atoms with E-state index >= 15 is 0 Å². The summed E-state index contributed by atoms with van der Waals surface area (Å²) >= 11 is 0. The third-order valence-corrected chi connectivity index (χ3v) is 3.73. The van der Waals surface area contributed by atoms with Crippen molar-refractivity contribution in [1.82, 2.24) is 0 Å². The Bertz CT molecular complexity index is 502. The zero-order valence-electron chi connectivity index (χ0n) is 12.2. The minimum absolute atomic E-state index is 0.000555. The Balaban J connectivity index is 2.09. The molecule has 0 aliphatic carbocycles. The van der Waals surface area contributed by atoms with E-state index in [4.69, 9.17) is 15.2 Å². The van der Waals surface area contributed by atoms with Crippen LogP contribution in [0.4, 0.5) is 5.69 Å². The molecule has 2 rings (SSSR count). The summed E-state index contributed by atoms with van der Waals surface area (Å²) in [7, 11) is 1.63. The van der Waals surface area contributed by atoms with Gasteiger partial charge in [0.05, 0.1) is 13.2 Å². The van der Waals surface area contributed by atoms with E-state index in [-0.39, 0.29) is 12.0 Å². The number of ether oxygens (including phenoxy) is 2. The van der Waals surface area contributed by atoms with Gasteiger partial charge < -0.3 is 20.5 Å². The van der Waals surface area contributed by atoms with Crippen molar-refractivity contribution in [2.24, 2.45) is 5.73 Å². The summed E-state index contributed by atoms with van der Waals surface area (Å²) in [5, 5.41) is 2.91. The maximum absolute atomic E-state index is 12.2. The lowest BCUT2D eigenvalue weighted by Gasteiger charge is -2.16. The summed E-state index contributed by atoms with van der Waals surface area (Å²) in [6.07, 6.45) is 1.15. The van der Waals surface area contributed by atoms with Crippen molar-refractivity contribution >= 4 is 11.6 Å². The van der Waals surface area contributed by atoms with Crippen LogP contribution < -0.4 is 15.8 Å². The number of aryl methyl sites for hydroxylation is 1. The van der Waals surface area contributed by atoms with E-state index in [1.807, 2.05) is 26.0 Å². The van der Waals surface area contributed by atoms with E-state index in [9.17, 15) is 4.79 Å². The fourth-order valence-corrected chi connectivity index (χ4v) is 2.56. The van der Waals surface area contributed by atoms with Crippen LogP contribution in [-0.4, -0.2) is 31.8 Å². The van der Waals surface area contributed by atoms with Crippen LogP contribution in [0, 0.1) is 13.8 Å². The van der Waals surface area contributed by atoms with Gasteiger partial charge in [0, 0.05) is 17.8 Å². The standard InChI is InChI=1S/C15H22N2O3/c1-9-4-6-12(10(2)14(9)19-3)17-15(18)13-7-5-11(8-16)20-13/h4,6,11,13H,5,7-8,16H2,1-3H3,(H,17,18). The topological polar surface area (TPSA) is 73.6 Å². The molecular formula is C15H22N2O3. The first-order chi connectivity index (χ1) is 9.56. The van der Waals surface area contributed by atoms with Crippen molar-refractivity contribution in [3.8, 4) is 5.75 Å². The molecule has 2 unspecified atom stereocenters. The van der Waals surface area contributed by atoms with Crippen LogP contribution in [0.1, 0.15) is 24.0 Å². The molecule has 0 saturated carbocycles. The highest BCUT2D eigenvalue weighted by molar-refractivity contribution is 5.95. The molecule has 1 fully saturated rings. The Kier molecular flexibility index (Phi) is 4.62. The van der Waals surface area contributed by atoms with Gasteiger partial charge in [0.15, 0.2) is 0 Å². The van der Waals surface area contributed by atoms with Gasteiger partial charge >= 0.3 is 0 Å². The average molecular weight is 278 g/mol. The minimum atomic E-state index is -0.407. The van der Waals surface area contributed by atoms with Crippen LogP contribution in [0.25, 0.3) is 0 Å². The highest BCUT2D eigenvalue weighted by Crippen LogP contribution is 2.30. The molecule has 1 aromatic rings. The number of amides is 1. The van der Waals surface area contributed by atoms with Gasteiger partial charge in [-0.1, -0.05) is 6.07 Å². The lowest BCUT2D eigenvalue weighted by atomic mass is 10.1. The van der Waals surface area contributed by atoms with Gasteiger partial charge in [0.1, 0.15) is 11.9 Å². The van der Waals surface area contributed by atoms with Gasteiger partial charge in [-0.3, -0.25) is 4.79 Å². The Labute approximate surface area is 119 Å². The Hall–Kier alpha value is -1.59. The number of nitrogens with one attached hydrogen (secondary N) is 1. The summed E-state index contributed by atoms with van der Waals surface area (Å²) in [5.41, 5.74) is 8.29. The van der Waals surface area contributed by atoms with Gasteiger partial charge in [-0.15, -0.1) is 0 Å². The maximum atomic E-state index is 12.2. The normalized spacial score (nSPS) is 21.8. The third-order valence-electron chi connectivity index (χ3n) is 3.73. The second-order valence-electron chi connectivity index (χ2n) is 5.14. The molecule has 0 radical (unpaired) electrons. The molecule has 1 aromatic carbocycles. The second kappa shape index (κ2) is 6.24. The summed E-state index contributed by atoms with van der Waals surface area (Å²) in [6.45, 7) is 4.37. The Morgan fingerprint density at radius 2 is 2.20 bits per heavy atom. The smallest absolute Gasteiger partial charge is 0.253 e. The number of anilines is 1. The van der Waals surface area contributed by atoms with Gasteiger partial charge in [-0.05, 0) is 38.3 Å². The van der Waals surface area contributed by atoms with E-state index in [0.717, 1.165) is 35.4 Å². The number of nitrogens with two attached hydrogens (primary N) is 1. The predicted molar refractivity (Wildman–Crippen MR) is 78.0 cm³/mol. The molecule has 5 heteroatoms. The highest BCUT2D eigenvalue weighted by atomic mass is 16.5. The lowest BCUT2D eigenvalue weighted by Crippen LogP contribution is -2.30. The number of carbonyl (C=O) groups is 1. The molecule has 1 aliphatic heterocycles. The van der Waals surface area contributed by atoms with E-state index in [2.05, 4.69) is 5.32 Å². The van der Waals surface area contributed by atoms with Gasteiger partial charge in [0.2, 0.25) is 0 Å². The average Bonchev–Trinajstić information content (AvgIpc) is 2.91. The number of hydrogen-bond donors (Lipinski definition) is 2. The Morgan fingerprint density at radius 3 is 2.80 bits per heavy atom. The van der Waals surface area contributed by atoms with Crippen LogP contribution >= 0.6 is 0 Å². The van der Waals surface area contributed by atoms with Gasteiger partial charge in [0.25, 0.3) is 5.91 Å². The molecule has 0 spiro atoms. The van der Waals surface area contributed by atoms with Crippen LogP contribution in [-0.2, 0) is 9.53 Å². The van der Waals surface area contributed by atoms with E-state index in [1.165, 1.54) is 0 Å². The van der Waals surface area contributed by atoms with Crippen molar-refractivity contribution < 1.29 is 14.3 Å². The number of carbonyl (C=O) groups excluding carboxylic acids is 1. The van der Waals surface area contributed by atoms with Crippen molar-refractivity contribution in [3.63, 3.8) is 0 Å². The van der Waals surface area contributed by atoms with Crippen molar-refractivity contribution in [3.05, 3.63) is 23.3 Å². The fourth-order valence-electron chi connectivity index (χ4n) is 2.56. The highest BCUT2D eigenvalue weighted by Gasteiger charge is 2.30. The molecule has 1 aliphatic rings. The molecular weight excluding hydrogens is 256 g/mol. The first-order valence-electron chi connectivity index (χ1n) is 6.87. The maximum Gasteiger partial charge on any atom is 0.253 e. The summed E-state index contributed by atoms with van der Waals surface area (Å²) in [6, 6.07) is 3.82. The molecule has 110 valence electrons. The second-order valence-corrected chi connectivity index (χ2v) is 5.14. The zero-order chi connectivity index (χ0) is 14.7. The molecule has 0 bridgehead atoms. The van der Waals surface area contributed by atoms with Gasteiger partial charge in [-0.25, -0.2) is 0 Å². The summed E-state index contributed by atoms with van der Waals surface area (Å²) in [4.78, 5) is 12.2. The fraction of sp³-hybridized carbons (Fsp3) is 0.533. The molecule has 3 N–H and O–H groups in total. The molecule has 0 aromatic heterocycles. The van der Waals surface area contributed by atoms with Crippen molar-refractivity contribution in [1.29, 1.82) is 0 Å². The van der Waals surface area contributed by atoms with E-state index < -0.39 is 6.10 Å². The van der Waals surface area contributed by atoms with Crippen molar-refractivity contribution in [2.75, 3.05) is 19.0 Å². The first-order valence-corrected chi connectivity index (χ1v) is 6.87. The van der Waals surface area contributed by atoms with Crippen LogP contribution in [0.2, 0.25) is 0 Å².